The van der Waals surface area contributed by atoms with E-state index in [-0.39, 0.29) is 5.78 Å². The van der Waals surface area contributed by atoms with Gasteiger partial charge in [-0.3, -0.25) is 4.79 Å². The van der Waals surface area contributed by atoms with E-state index in [1.807, 2.05) is 58.0 Å². The number of hydrogen-bond acceptors (Lipinski definition) is 1. The molecule has 1 aliphatic carbocycles. The lowest BCUT2D eigenvalue weighted by atomic mass is 9.99. The van der Waals surface area contributed by atoms with Crippen LogP contribution in [0.25, 0.3) is 0 Å². The zero-order valence-corrected chi connectivity index (χ0v) is 12.6. The van der Waals surface area contributed by atoms with Gasteiger partial charge in [0.2, 0.25) is 0 Å². The van der Waals surface area contributed by atoms with Crippen molar-refractivity contribution in [3.8, 4) is 0 Å². The molecular weight excluding hydrogens is 232 g/mol. The SMILES string of the molecule is CC.CC.O=C(CC1=CCCC=C1)c1ccccc1. The summed E-state index contributed by atoms with van der Waals surface area (Å²) < 4.78 is 0. The molecule has 0 spiro atoms. The van der Waals surface area contributed by atoms with Gasteiger partial charge in [-0.1, -0.05) is 76.3 Å². The van der Waals surface area contributed by atoms with Crippen LogP contribution in [0.5, 0.6) is 0 Å². The molecule has 19 heavy (non-hydrogen) atoms. The van der Waals surface area contributed by atoms with E-state index in [0.717, 1.165) is 24.0 Å². The zero-order chi connectivity index (χ0) is 14.5. The molecule has 0 radical (unpaired) electrons. The summed E-state index contributed by atoms with van der Waals surface area (Å²) in [6.45, 7) is 8.00. The molecule has 0 unspecified atom stereocenters. The molecule has 0 N–H and O–H groups in total. The Morgan fingerprint density at radius 3 is 2.16 bits per heavy atom. The Labute approximate surface area is 118 Å². The van der Waals surface area contributed by atoms with Crippen molar-refractivity contribution in [3.63, 3.8) is 0 Å². The summed E-state index contributed by atoms with van der Waals surface area (Å²) in [5, 5.41) is 0. The Morgan fingerprint density at radius 2 is 1.63 bits per heavy atom. The van der Waals surface area contributed by atoms with Crippen molar-refractivity contribution in [1.82, 2.24) is 0 Å². The highest BCUT2D eigenvalue weighted by Crippen LogP contribution is 2.15. The first-order valence-electron chi connectivity index (χ1n) is 7.30. The number of rotatable bonds is 3. The minimum atomic E-state index is 0.202. The average Bonchev–Trinajstić information content (AvgIpc) is 2.53. The second kappa shape index (κ2) is 11.5. The van der Waals surface area contributed by atoms with Gasteiger partial charge in [0.25, 0.3) is 0 Å². The van der Waals surface area contributed by atoms with Gasteiger partial charge in [0, 0.05) is 12.0 Å². The number of carbonyl (C=O) groups excluding carboxylic acids is 1. The molecule has 1 aliphatic rings. The summed E-state index contributed by atoms with van der Waals surface area (Å²) in [4.78, 5) is 11.8. The Bertz CT molecular complexity index is 399. The molecule has 0 saturated heterocycles. The zero-order valence-electron chi connectivity index (χ0n) is 12.6. The van der Waals surface area contributed by atoms with Crippen LogP contribution in [0.3, 0.4) is 0 Å². The van der Waals surface area contributed by atoms with E-state index in [9.17, 15) is 4.79 Å². The normalized spacial score (nSPS) is 12.3. The first kappa shape index (κ1) is 17.4. The first-order chi connectivity index (χ1) is 9.36. The number of Topliss-reactive ketones (excluding diaryl/α,β-unsaturated/α-hetero) is 1. The maximum atomic E-state index is 11.8. The predicted molar refractivity (Wildman–Crippen MR) is 84.5 cm³/mol. The third-order valence-corrected chi connectivity index (χ3v) is 2.53. The Morgan fingerprint density at radius 1 is 1.00 bits per heavy atom. The van der Waals surface area contributed by atoms with Crippen LogP contribution < -0.4 is 0 Å². The molecule has 104 valence electrons. The molecule has 0 amide bonds. The summed E-state index contributed by atoms with van der Waals surface area (Å²) in [5.74, 6) is 0.202. The molecule has 2 rings (SSSR count). The monoisotopic (exact) mass is 258 g/mol. The van der Waals surface area contributed by atoms with E-state index in [1.165, 1.54) is 0 Å². The summed E-state index contributed by atoms with van der Waals surface area (Å²) in [7, 11) is 0. The fourth-order valence-corrected chi connectivity index (χ4v) is 1.71. The fraction of sp³-hybridized carbons (Fsp3) is 0.389. The van der Waals surface area contributed by atoms with Gasteiger partial charge >= 0.3 is 0 Å². The molecule has 0 saturated carbocycles. The maximum Gasteiger partial charge on any atom is 0.167 e. The lowest BCUT2D eigenvalue weighted by Gasteiger charge is -2.05. The van der Waals surface area contributed by atoms with Crippen molar-refractivity contribution in [2.24, 2.45) is 0 Å². The molecule has 0 aliphatic heterocycles. The van der Waals surface area contributed by atoms with Gasteiger partial charge in [-0.25, -0.2) is 0 Å². The van der Waals surface area contributed by atoms with Crippen LogP contribution in [-0.4, -0.2) is 5.78 Å². The number of benzene rings is 1. The minimum absolute atomic E-state index is 0.202. The van der Waals surface area contributed by atoms with E-state index in [2.05, 4.69) is 18.2 Å². The largest absolute Gasteiger partial charge is 0.294 e. The number of hydrogen-bond donors (Lipinski definition) is 0. The van der Waals surface area contributed by atoms with Crippen LogP contribution in [0.2, 0.25) is 0 Å². The van der Waals surface area contributed by atoms with Crippen LogP contribution in [0, 0.1) is 0 Å². The Balaban J connectivity index is 0.000000741. The predicted octanol–water partition coefficient (Wildman–Crippen LogP) is 5.59. The fourth-order valence-electron chi connectivity index (χ4n) is 1.71. The summed E-state index contributed by atoms with van der Waals surface area (Å²) >= 11 is 0. The summed E-state index contributed by atoms with van der Waals surface area (Å²) in [5.41, 5.74) is 1.95. The molecule has 0 atom stereocenters. The van der Waals surface area contributed by atoms with Crippen molar-refractivity contribution in [2.45, 2.75) is 47.0 Å². The molecule has 0 heterocycles. The van der Waals surface area contributed by atoms with Crippen LogP contribution in [0.15, 0.2) is 54.1 Å². The summed E-state index contributed by atoms with van der Waals surface area (Å²) in [6, 6.07) is 9.47. The van der Waals surface area contributed by atoms with Gasteiger partial charge < -0.3 is 0 Å². The molecule has 1 aromatic carbocycles. The van der Waals surface area contributed by atoms with E-state index in [4.69, 9.17) is 0 Å². The van der Waals surface area contributed by atoms with Crippen molar-refractivity contribution >= 4 is 5.78 Å². The number of carbonyl (C=O) groups is 1. The van der Waals surface area contributed by atoms with Gasteiger partial charge in [-0.15, -0.1) is 0 Å². The van der Waals surface area contributed by atoms with Crippen LogP contribution in [0.1, 0.15) is 57.3 Å². The molecule has 0 bridgehead atoms. The smallest absolute Gasteiger partial charge is 0.167 e. The Hall–Kier alpha value is -1.63. The summed E-state index contributed by atoms with van der Waals surface area (Å²) in [6.07, 6.45) is 9.04. The number of ketones is 1. The van der Waals surface area contributed by atoms with E-state index in [0.29, 0.717) is 6.42 Å². The van der Waals surface area contributed by atoms with Crippen molar-refractivity contribution < 1.29 is 4.79 Å². The average molecular weight is 258 g/mol. The topological polar surface area (TPSA) is 17.1 Å². The van der Waals surface area contributed by atoms with E-state index >= 15 is 0 Å². The highest BCUT2D eigenvalue weighted by molar-refractivity contribution is 5.97. The van der Waals surface area contributed by atoms with E-state index < -0.39 is 0 Å². The lowest BCUT2D eigenvalue weighted by molar-refractivity contribution is 0.0993. The maximum absolute atomic E-state index is 11.8. The molecule has 1 aromatic rings. The van der Waals surface area contributed by atoms with Crippen LogP contribution in [0.4, 0.5) is 0 Å². The van der Waals surface area contributed by atoms with Gasteiger partial charge in [0.05, 0.1) is 0 Å². The van der Waals surface area contributed by atoms with Gasteiger partial charge in [0.1, 0.15) is 0 Å². The second-order valence-electron chi connectivity index (χ2n) is 3.72. The van der Waals surface area contributed by atoms with Crippen LogP contribution >= 0.6 is 0 Å². The molecule has 1 heteroatoms. The highest BCUT2D eigenvalue weighted by Gasteiger charge is 2.07. The highest BCUT2D eigenvalue weighted by atomic mass is 16.1. The van der Waals surface area contributed by atoms with Crippen molar-refractivity contribution in [1.29, 1.82) is 0 Å². The van der Waals surface area contributed by atoms with Crippen molar-refractivity contribution in [2.75, 3.05) is 0 Å². The quantitative estimate of drug-likeness (QED) is 0.646. The van der Waals surface area contributed by atoms with Crippen molar-refractivity contribution in [3.05, 3.63) is 59.7 Å². The Kier molecular flexibility index (Phi) is 10.5. The minimum Gasteiger partial charge on any atom is -0.294 e. The van der Waals surface area contributed by atoms with E-state index in [1.54, 1.807) is 0 Å². The van der Waals surface area contributed by atoms with Crippen LogP contribution in [-0.2, 0) is 0 Å². The lowest BCUT2D eigenvalue weighted by Crippen LogP contribution is -2.00. The van der Waals surface area contributed by atoms with Gasteiger partial charge in [0.15, 0.2) is 5.78 Å². The molecule has 0 aromatic heterocycles. The van der Waals surface area contributed by atoms with Gasteiger partial charge in [-0.2, -0.15) is 0 Å². The second-order valence-corrected chi connectivity index (χ2v) is 3.72. The van der Waals surface area contributed by atoms with Gasteiger partial charge in [-0.05, 0) is 18.4 Å². The third-order valence-electron chi connectivity index (χ3n) is 2.53. The molecular formula is C18H26O. The standard InChI is InChI=1S/C14H14O.2C2H6/c15-14(13-9-5-2-6-10-13)11-12-7-3-1-4-8-12;2*1-2/h2-3,5-10H,1,4,11H2;2*1-2H3. The molecule has 1 nitrogen and oxygen atoms in total. The number of allylic oxidation sites excluding steroid dienone is 4. The first-order valence-corrected chi connectivity index (χ1v) is 7.30. The third kappa shape index (κ3) is 6.76. The molecule has 0 fully saturated rings.